The van der Waals surface area contributed by atoms with Crippen molar-refractivity contribution >= 4 is 0 Å². The Morgan fingerprint density at radius 1 is 1.00 bits per heavy atom. The molecule has 0 aromatic carbocycles. The zero-order valence-electron chi connectivity index (χ0n) is 1.60. The van der Waals surface area contributed by atoms with E-state index in [0.717, 1.165) is 0 Å². The molecule has 0 bridgehead atoms. The van der Waals surface area contributed by atoms with Gasteiger partial charge >= 0.3 is 0 Å². The minimum Gasteiger partial charge on any atom is 0 e. The zero-order chi connectivity index (χ0) is 0. The van der Waals surface area contributed by atoms with Crippen LogP contribution in [0.5, 0.6) is 0 Å². The Bertz CT molecular complexity index is 8.00. The van der Waals surface area contributed by atoms with Crippen molar-refractivity contribution in [1.29, 1.82) is 0 Å². The van der Waals surface area contributed by atoms with Gasteiger partial charge in [0.15, 0.2) is 0 Å². The van der Waals surface area contributed by atoms with Crippen molar-refractivity contribution in [2.24, 2.45) is 0 Å². The van der Waals surface area contributed by atoms with Gasteiger partial charge in [0.25, 0.3) is 0 Å². The number of rotatable bonds is 0. The zero-order valence-corrected chi connectivity index (χ0v) is 8.82. The van der Waals surface area contributed by atoms with Crippen molar-refractivity contribution in [3.63, 3.8) is 0 Å². The molecule has 0 aromatic heterocycles. The first-order valence-corrected chi connectivity index (χ1v) is 0. The Morgan fingerprint density at radius 3 is 1.00 bits per heavy atom. The Labute approximate surface area is 98.1 Å². The van der Waals surface area contributed by atoms with Crippen LogP contribution in [0.15, 0.2) is 0 Å². The quantitative estimate of drug-likeness (QED) is 0.536. The molecule has 0 rings (SSSR count). The van der Waals surface area contributed by atoms with Gasteiger partial charge in [0.05, 0.1) is 0 Å². The van der Waals surface area contributed by atoms with Crippen LogP contribution in [0.3, 0.4) is 0 Å². The second-order valence-corrected chi connectivity index (χ2v) is 0. The fraction of sp³-hybridized carbons (Fsp3) is 0. The van der Waals surface area contributed by atoms with Crippen LogP contribution in [0, 0.1) is 40.4 Å². The van der Waals surface area contributed by atoms with Gasteiger partial charge in [-0.1, -0.05) is 0 Å². The average molecular weight is 356 g/mol. The van der Waals surface area contributed by atoms with E-state index in [4.69, 9.17) is 0 Å². The number of hydrogen-bond acceptors (Lipinski definition) is 0. The van der Waals surface area contributed by atoms with Crippen LogP contribution >= 0.6 is 0 Å². The van der Waals surface area contributed by atoms with E-state index < -0.39 is 0 Å². The Balaban J connectivity index is 0. The molecule has 0 saturated carbocycles. The van der Waals surface area contributed by atoms with Crippen LogP contribution in [0.2, 0.25) is 0 Å². The van der Waals surface area contributed by atoms with E-state index in [0.29, 0.717) is 0 Å². The van der Waals surface area contributed by atoms with Gasteiger partial charge in [-0.3, -0.25) is 0 Å². The van der Waals surface area contributed by atoms with Crippen LogP contribution in [-0.2, 0) is 60.1 Å². The molecule has 0 saturated heterocycles. The standard InChI is InChI=1S/Co.Fe.Sm.Zr. The molecule has 27 valence electrons. The minimum absolute atomic E-state index is 0. The minimum atomic E-state index is 0. The summed E-state index contributed by atoms with van der Waals surface area (Å²) in [5.74, 6) is 0. The van der Waals surface area contributed by atoms with E-state index in [1.165, 1.54) is 0 Å². The predicted octanol–water partition coefficient (Wildman–Crippen LogP) is -0.00750. The molecule has 1 radical (unpaired) electrons. The monoisotopic (exact) mass is 357 g/mol. The summed E-state index contributed by atoms with van der Waals surface area (Å²) >= 11 is 0. The van der Waals surface area contributed by atoms with Crippen molar-refractivity contribution in [3.8, 4) is 0 Å². The SMILES string of the molecule is [Co].[Fe].[Sm].[Zr]. The van der Waals surface area contributed by atoms with Crippen molar-refractivity contribution in [3.05, 3.63) is 0 Å². The van der Waals surface area contributed by atoms with E-state index in [9.17, 15) is 0 Å². The molecular weight excluding hydrogens is 356 g/mol. The molecule has 0 unspecified atom stereocenters. The third-order valence-corrected chi connectivity index (χ3v) is 0. The second kappa shape index (κ2) is 16.3. The summed E-state index contributed by atoms with van der Waals surface area (Å²) in [6.45, 7) is 0. The van der Waals surface area contributed by atoms with Gasteiger partial charge in [-0.15, -0.1) is 0 Å². The molecule has 0 spiro atoms. The summed E-state index contributed by atoms with van der Waals surface area (Å²) in [5.41, 5.74) is 0. The van der Waals surface area contributed by atoms with E-state index in [1.807, 2.05) is 0 Å². The van der Waals surface area contributed by atoms with Crippen molar-refractivity contribution in [2.75, 3.05) is 0 Å². The molecule has 0 aromatic rings. The molecule has 0 aliphatic heterocycles. The molecule has 0 nitrogen and oxygen atoms in total. The maximum atomic E-state index is 0. The maximum absolute atomic E-state index is 0. The van der Waals surface area contributed by atoms with E-state index in [2.05, 4.69) is 0 Å². The van der Waals surface area contributed by atoms with E-state index >= 15 is 0 Å². The fourth-order valence-corrected chi connectivity index (χ4v) is 0. The topological polar surface area (TPSA) is 0 Å². The Hall–Kier alpha value is 3.25. The largest absolute Gasteiger partial charge is 0 e. The summed E-state index contributed by atoms with van der Waals surface area (Å²) in [6, 6.07) is 0. The molecule has 4 heavy (non-hydrogen) atoms. The smallest absolute Gasteiger partial charge is 0 e. The summed E-state index contributed by atoms with van der Waals surface area (Å²) in [4.78, 5) is 0. The molecule has 0 atom stereocenters. The van der Waals surface area contributed by atoms with Gasteiger partial charge in [0.1, 0.15) is 0 Å². The van der Waals surface area contributed by atoms with E-state index in [-0.39, 0.29) is 100 Å². The van der Waals surface area contributed by atoms with Crippen LogP contribution in [0.1, 0.15) is 0 Å². The van der Waals surface area contributed by atoms with Crippen LogP contribution in [0.4, 0.5) is 0 Å². The average Bonchev–Trinajstić information content (AvgIpc) is 0. The van der Waals surface area contributed by atoms with Gasteiger partial charge < -0.3 is 0 Å². The third-order valence-electron chi connectivity index (χ3n) is 0. The van der Waals surface area contributed by atoms with Crippen molar-refractivity contribution < 1.29 is 100 Å². The van der Waals surface area contributed by atoms with Gasteiger partial charge in [-0.25, -0.2) is 0 Å². The molecule has 0 aliphatic rings. The first kappa shape index (κ1) is 26.8. The van der Waals surface area contributed by atoms with E-state index in [1.54, 1.807) is 0 Å². The summed E-state index contributed by atoms with van der Waals surface area (Å²) in [7, 11) is 0. The van der Waals surface area contributed by atoms with Crippen LogP contribution in [0.25, 0.3) is 0 Å². The molecule has 0 N–H and O–H groups in total. The summed E-state index contributed by atoms with van der Waals surface area (Å²) in [5, 5.41) is 0. The molecular formula is CoFeSmZr. The Kier molecular flexibility index (Phi) is 109. The molecule has 0 heterocycles. The first-order valence-electron chi connectivity index (χ1n) is 0. The molecule has 0 amide bonds. The first-order chi connectivity index (χ1) is 0. The second-order valence-electron chi connectivity index (χ2n) is 0. The third kappa shape index (κ3) is 8.98. The van der Waals surface area contributed by atoms with Crippen LogP contribution in [-0.4, -0.2) is 0 Å². The van der Waals surface area contributed by atoms with Gasteiger partial charge in [-0.05, 0) is 0 Å². The van der Waals surface area contributed by atoms with Gasteiger partial charge in [0.2, 0.25) is 0 Å². The normalized spacial score (nSPS) is 0. The molecule has 4 heteroatoms. The van der Waals surface area contributed by atoms with Gasteiger partial charge in [0, 0.05) is 100 Å². The van der Waals surface area contributed by atoms with Gasteiger partial charge in [-0.2, -0.15) is 0 Å². The molecule has 0 fully saturated rings. The van der Waals surface area contributed by atoms with Crippen molar-refractivity contribution in [2.45, 2.75) is 0 Å². The van der Waals surface area contributed by atoms with Crippen molar-refractivity contribution in [1.82, 2.24) is 0 Å². The fourth-order valence-electron chi connectivity index (χ4n) is 0. The Morgan fingerprint density at radius 2 is 1.00 bits per heavy atom. The molecule has 0 aliphatic carbocycles. The summed E-state index contributed by atoms with van der Waals surface area (Å²) in [6.07, 6.45) is 0. The van der Waals surface area contributed by atoms with Crippen LogP contribution < -0.4 is 0 Å². The number of hydrogen-bond donors (Lipinski definition) is 0. The predicted molar refractivity (Wildman–Crippen MR) is 0 cm³/mol. The summed E-state index contributed by atoms with van der Waals surface area (Å²) < 4.78 is 0. The maximum Gasteiger partial charge on any atom is 0 e.